The van der Waals surface area contributed by atoms with Crippen LogP contribution in [0.1, 0.15) is 45.4 Å². The number of fused-ring (bicyclic) bond motifs is 2. The molecular formula is C15H28N2O2. The first kappa shape index (κ1) is 13.8. The van der Waals surface area contributed by atoms with Crippen molar-refractivity contribution in [3.8, 4) is 0 Å². The van der Waals surface area contributed by atoms with E-state index in [4.69, 9.17) is 4.74 Å². The smallest absolute Gasteiger partial charge is 0.0707 e. The second kappa shape index (κ2) is 5.68. The largest absolute Gasteiger partial charge is 0.394 e. The topological polar surface area (TPSA) is 44.7 Å². The summed E-state index contributed by atoms with van der Waals surface area (Å²) in [5.41, 5.74) is -0.0158. The zero-order valence-electron chi connectivity index (χ0n) is 12.1. The SMILES string of the molecule is CCCNC1(CO)CCC(N2CC3CCC(C2)O3)C1. The van der Waals surface area contributed by atoms with Gasteiger partial charge in [-0.05, 0) is 45.1 Å². The quantitative estimate of drug-likeness (QED) is 0.785. The summed E-state index contributed by atoms with van der Waals surface area (Å²) in [5.74, 6) is 0. The molecule has 0 amide bonds. The third-order valence-corrected chi connectivity index (χ3v) is 5.22. The van der Waals surface area contributed by atoms with E-state index in [-0.39, 0.29) is 12.1 Å². The molecule has 0 aromatic carbocycles. The Morgan fingerprint density at radius 3 is 2.63 bits per heavy atom. The van der Waals surface area contributed by atoms with Crippen LogP contribution in [0.2, 0.25) is 0 Å². The highest BCUT2D eigenvalue weighted by molar-refractivity contribution is 5.01. The number of hydrogen-bond acceptors (Lipinski definition) is 4. The van der Waals surface area contributed by atoms with Gasteiger partial charge in [-0.25, -0.2) is 0 Å². The summed E-state index contributed by atoms with van der Waals surface area (Å²) in [6, 6.07) is 0.642. The molecule has 2 aliphatic heterocycles. The van der Waals surface area contributed by atoms with Crippen molar-refractivity contribution in [3.63, 3.8) is 0 Å². The maximum Gasteiger partial charge on any atom is 0.0707 e. The van der Waals surface area contributed by atoms with Gasteiger partial charge in [-0.2, -0.15) is 0 Å². The Morgan fingerprint density at radius 2 is 2.00 bits per heavy atom. The maximum atomic E-state index is 9.77. The summed E-state index contributed by atoms with van der Waals surface area (Å²) in [5, 5.41) is 13.4. The van der Waals surface area contributed by atoms with E-state index in [1.165, 1.54) is 19.3 Å². The van der Waals surface area contributed by atoms with E-state index < -0.39 is 0 Å². The number of ether oxygens (including phenoxy) is 1. The van der Waals surface area contributed by atoms with Crippen molar-refractivity contribution in [2.24, 2.45) is 0 Å². The van der Waals surface area contributed by atoms with Crippen LogP contribution < -0.4 is 5.32 Å². The van der Waals surface area contributed by atoms with Crippen molar-refractivity contribution in [2.45, 2.75) is 69.2 Å². The lowest BCUT2D eigenvalue weighted by molar-refractivity contribution is -0.0530. The second-order valence-corrected chi connectivity index (χ2v) is 6.67. The molecular weight excluding hydrogens is 240 g/mol. The molecule has 3 fully saturated rings. The maximum absolute atomic E-state index is 9.77. The summed E-state index contributed by atoms with van der Waals surface area (Å²) >= 11 is 0. The van der Waals surface area contributed by atoms with Gasteiger partial charge in [0.25, 0.3) is 0 Å². The molecule has 4 nitrogen and oxygen atoms in total. The summed E-state index contributed by atoms with van der Waals surface area (Å²) in [6.45, 7) is 5.69. The highest BCUT2D eigenvalue weighted by Crippen LogP contribution is 2.36. The van der Waals surface area contributed by atoms with Crippen molar-refractivity contribution in [1.82, 2.24) is 10.2 Å². The number of nitrogens with zero attached hydrogens (tertiary/aromatic N) is 1. The van der Waals surface area contributed by atoms with Gasteiger partial charge in [0.05, 0.1) is 18.8 Å². The molecule has 1 saturated carbocycles. The number of nitrogens with one attached hydrogen (secondary N) is 1. The molecule has 4 atom stereocenters. The molecule has 2 bridgehead atoms. The molecule has 2 heterocycles. The highest BCUT2D eigenvalue weighted by Gasteiger charge is 2.43. The van der Waals surface area contributed by atoms with Crippen LogP contribution in [0.5, 0.6) is 0 Å². The minimum atomic E-state index is -0.0158. The Balaban J connectivity index is 1.58. The number of hydrogen-bond donors (Lipinski definition) is 2. The van der Waals surface area contributed by atoms with E-state index in [0.29, 0.717) is 18.2 Å². The fraction of sp³-hybridized carbons (Fsp3) is 1.00. The second-order valence-electron chi connectivity index (χ2n) is 6.67. The number of morpholine rings is 1. The van der Waals surface area contributed by atoms with Gasteiger partial charge in [0.1, 0.15) is 0 Å². The normalized spacial score (nSPS) is 42.9. The van der Waals surface area contributed by atoms with Crippen LogP contribution in [0, 0.1) is 0 Å². The Morgan fingerprint density at radius 1 is 1.26 bits per heavy atom. The lowest BCUT2D eigenvalue weighted by Crippen LogP contribution is -2.51. The van der Waals surface area contributed by atoms with E-state index in [0.717, 1.165) is 38.9 Å². The van der Waals surface area contributed by atoms with Crippen LogP contribution in [-0.2, 0) is 4.74 Å². The molecule has 0 spiro atoms. The molecule has 2 saturated heterocycles. The van der Waals surface area contributed by atoms with Gasteiger partial charge in [-0.15, -0.1) is 0 Å². The van der Waals surface area contributed by atoms with E-state index >= 15 is 0 Å². The van der Waals surface area contributed by atoms with Crippen LogP contribution >= 0.6 is 0 Å². The summed E-state index contributed by atoms with van der Waals surface area (Å²) in [7, 11) is 0. The lowest BCUT2D eigenvalue weighted by Gasteiger charge is -2.37. The molecule has 19 heavy (non-hydrogen) atoms. The summed E-state index contributed by atoms with van der Waals surface area (Å²) < 4.78 is 5.92. The number of aliphatic hydroxyl groups excluding tert-OH is 1. The Labute approximate surface area is 116 Å². The third kappa shape index (κ3) is 2.82. The molecule has 4 unspecified atom stereocenters. The number of rotatable bonds is 5. The molecule has 0 aromatic rings. The third-order valence-electron chi connectivity index (χ3n) is 5.22. The first-order valence-corrected chi connectivity index (χ1v) is 8.00. The predicted molar refractivity (Wildman–Crippen MR) is 75.2 cm³/mol. The van der Waals surface area contributed by atoms with Gasteiger partial charge in [-0.1, -0.05) is 6.92 Å². The van der Waals surface area contributed by atoms with Crippen LogP contribution in [0.3, 0.4) is 0 Å². The lowest BCUT2D eigenvalue weighted by atomic mass is 9.98. The van der Waals surface area contributed by atoms with Crippen LogP contribution in [-0.4, -0.2) is 60.0 Å². The Bertz CT molecular complexity index is 301. The van der Waals surface area contributed by atoms with Crippen LogP contribution in [0.4, 0.5) is 0 Å². The highest BCUT2D eigenvalue weighted by atomic mass is 16.5. The van der Waals surface area contributed by atoms with Gasteiger partial charge in [0.15, 0.2) is 0 Å². The summed E-state index contributed by atoms with van der Waals surface area (Å²) in [4.78, 5) is 2.64. The average Bonchev–Trinajstić information content (AvgIpc) is 3.01. The van der Waals surface area contributed by atoms with Crippen LogP contribution in [0.25, 0.3) is 0 Å². The standard InChI is InChI=1S/C15H28N2O2/c1-2-7-16-15(11-18)6-5-12(8-15)17-9-13-3-4-14(10-17)19-13/h12-14,16,18H,2-11H2,1H3. The molecule has 4 heteroatoms. The average molecular weight is 268 g/mol. The molecule has 3 rings (SSSR count). The molecule has 3 aliphatic rings. The minimum absolute atomic E-state index is 0.0158. The zero-order chi connectivity index (χ0) is 13.3. The fourth-order valence-corrected chi connectivity index (χ4v) is 4.10. The van der Waals surface area contributed by atoms with Gasteiger partial charge in [0.2, 0.25) is 0 Å². The first-order valence-electron chi connectivity index (χ1n) is 8.00. The first-order chi connectivity index (χ1) is 9.24. The monoisotopic (exact) mass is 268 g/mol. The van der Waals surface area contributed by atoms with Gasteiger partial charge in [-0.3, -0.25) is 4.90 Å². The van der Waals surface area contributed by atoms with E-state index in [1.54, 1.807) is 0 Å². The van der Waals surface area contributed by atoms with Gasteiger partial charge >= 0.3 is 0 Å². The van der Waals surface area contributed by atoms with E-state index in [1.807, 2.05) is 0 Å². The van der Waals surface area contributed by atoms with Crippen molar-refractivity contribution in [1.29, 1.82) is 0 Å². The number of likely N-dealkylation sites (tertiary alicyclic amines) is 1. The molecule has 0 aromatic heterocycles. The van der Waals surface area contributed by atoms with Gasteiger partial charge in [0, 0.05) is 24.7 Å². The van der Waals surface area contributed by atoms with Gasteiger partial charge < -0.3 is 15.2 Å². The molecule has 2 N–H and O–H groups in total. The Hall–Kier alpha value is -0.160. The van der Waals surface area contributed by atoms with E-state index in [9.17, 15) is 5.11 Å². The fourth-order valence-electron chi connectivity index (χ4n) is 4.10. The van der Waals surface area contributed by atoms with Crippen molar-refractivity contribution in [2.75, 3.05) is 26.2 Å². The van der Waals surface area contributed by atoms with Crippen molar-refractivity contribution < 1.29 is 9.84 Å². The Kier molecular flexibility index (Phi) is 4.13. The summed E-state index contributed by atoms with van der Waals surface area (Å²) in [6.07, 6.45) is 8.01. The molecule has 110 valence electrons. The predicted octanol–water partition coefficient (Wildman–Crippen LogP) is 1.13. The zero-order valence-corrected chi connectivity index (χ0v) is 12.1. The molecule has 1 aliphatic carbocycles. The van der Waals surface area contributed by atoms with Crippen LogP contribution in [0.15, 0.2) is 0 Å². The van der Waals surface area contributed by atoms with Crippen molar-refractivity contribution >= 4 is 0 Å². The minimum Gasteiger partial charge on any atom is -0.394 e. The van der Waals surface area contributed by atoms with E-state index in [2.05, 4.69) is 17.1 Å². The van der Waals surface area contributed by atoms with Crippen molar-refractivity contribution in [3.05, 3.63) is 0 Å². The number of aliphatic hydroxyl groups is 1. The molecule has 0 radical (unpaired) electrons.